The number of aromatic amines is 1. The van der Waals surface area contributed by atoms with Gasteiger partial charge in [0.25, 0.3) is 5.56 Å². The molecule has 3 heterocycles. The zero-order valence-corrected chi connectivity index (χ0v) is 12.2. The van der Waals surface area contributed by atoms with Gasteiger partial charge in [-0.05, 0) is 22.9 Å². The number of aliphatic hydroxyl groups excluding tert-OH is 1. The van der Waals surface area contributed by atoms with Crippen LogP contribution in [0.3, 0.4) is 0 Å². The van der Waals surface area contributed by atoms with E-state index >= 15 is 0 Å². The highest BCUT2D eigenvalue weighted by Gasteiger charge is 2.16. The van der Waals surface area contributed by atoms with Crippen molar-refractivity contribution in [2.45, 2.75) is 13.7 Å². The van der Waals surface area contributed by atoms with Crippen molar-refractivity contribution in [1.29, 1.82) is 0 Å². The number of rotatable bonds is 4. The van der Waals surface area contributed by atoms with Crippen LogP contribution in [-0.4, -0.2) is 42.2 Å². The molecule has 20 heavy (non-hydrogen) atoms. The number of halogens is 1. The van der Waals surface area contributed by atoms with Gasteiger partial charge in [-0.3, -0.25) is 9.36 Å². The van der Waals surface area contributed by atoms with Crippen LogP contribution in [0.15, 0.2) is 15.7 Å². The minimum atomic E-state index is -0.240. The van der Waals surface area contributed by atoms with E-state index in [1.165, 1.54) is 4.40 Å². The number of fused-ring (bicyclic) bond motifs is 2. The highest BCUT2D eigenvalue weighted by molar-refractivity contribution is 9.10. The van der Waals surface area contributed by atoms with E-state index in [2.05, 4.69) is 30.9 Å². The van der Waals surface area contributed by atoms with Crippen LogP contribution in [0.1, 0.15) is 5.69 Å². The average molecular weight is 342 g/mol. The van der Waals surface area contributed by atoms with Gasteiger partial charge in [-0.2, -0.15) is 4.98 Å². The fraction of sp³-hybridized carbons (Fsp3) is 0.364. The molecule has 0 amide bonds. The smallest absolute Gasteiger partial charge is 0.287 e. The minimum absolute atomic E-state index is 0.0690. The van der Waals surface area contributed by atoms with E-state index in [0.717, 1.165) is 5.69 Å². The van der Waals surface area contributed by atoms with Crippen LogP contribution in [0.2, 0.25) is 0 Å². The SMILES string of the molecule is Cc1cn2c(=O)c3nc(Br)n(COCCO)c3nc2[nH]1. The molecule has 0 bridgehead atoms. The van der Waals surface area contributed by atoms with E-state index in [9.17, 15) is 4.79 Å². The number of hydrogen-bond acceptors (Lipinski definition) is 5. The maximum absolute atomic E-state index is 12.3. The van der Waals surface area contributed by atoms with Crippen molar-refractivity contribution in [2.24, 2.45) is 0 Å². The fourth-order valence-electron chi connectivity index (χ4n) is 1.98. The van der Waals surface area contributed by atoms with Crippen molar-refractivity contribution in [1.82, 2.24) is 23.9 Å². The highest BCUT2D eigenvalue weighted by atomic mass is 79.9. The molecule has 0 aliphatic carbocycles. The molecule has 8 nitrogen and oxygen atoms in total. The number of aromatic nitrogens is 5. The first-order valence-electron chi connectivity index (χ1n) is 5.94. The van der Waals surface area contributed by atoms with E-state index in [1.54, 1.807) is 10.8 Å². The summed E-state index contributed by atoms with van der Waals surface area (Å²) in [6, 6.07) is 0. The van der Waals surface area contributed by atoms with Gasteiger partial charge in [0.1, 0.15) is 6.73 Å². The van der Waals surface area contributed by atoms with Gasteiger partial charge in [0.05, 0.1) is 13.2 Å². The van der Waals surface area contributed by atoms with Crippen molar-refractivity contribution >= 4 is 32.9 Å². The molecule has 3 rings (SSSR count). The minimum Gasteiger partial charge on any atom is -0.394 e. The lowest BCUT2D eigenvalue weighted by Crippen LogP contribution is -2.14. The molecule has 3 aromatic heterocycles. The van der Waals surface area contributed by atoms with Gasteiger partial charge < -0.3 is 14.8 Å². The maximum Gasteiger partial charge on any atom is 0.287 e. The second-order valence-corrected chi connectivity index (χ2v) is 5.00. The topological polar surface area (TPSA) is 97.4 Å². The number of nitrogens with one attached hydrogen (secondary N) is 1. The Balaban J connectivity index is 2.20. The second-order valence-electron chi connectivity index (χ2n) is 4.29. The first kappa shape index (κ1) is 13.3. The van der Waals surface area contributed by atoms with Crippen LogP contribution in [0.25, 0.3) is 16.9 Å². The lowest BCUT2D eigenvalue weighted by Gasteiger charge is -2.05. The maximum atomic E-state index is 12.3. The quantitative estimate of drug-likeness (QED) is 0.529. The Morgan fingerprint density at radius 1 is 1.50 bits per heavy atom. The van der Waals surface area contributed by atoms with E-state index in [4.69, 9.17) is 9.84 Å². The van der Waals surface area contributed by atoms with Crippen LogP contribution in [0.4, 0.5) is 0 Å². The molecule has 0 fully saturated rings. The first-order valence-corrected chi connectivity index (χ1v) is 6.73. The van der Waals surface area contributed by atoms with Crippen LogP contribution in [0.5, 0.6) is 0 Å². The summed E-state index contributed by atoms with van der Waals surface area (Å²) in [5.41, 5.74) is 1.29. The molecule has 0 aliphatic heterocycles. The molecule has 2 N–H and O–H groups in total. The number of hydrogen-bond donors (Lipinski definition) is 2. The lowest BCUT2D eigenvalue weighted by molar-refractivity contribution is 0.0488. The molecule has 0 saturated carbocycles. The number of aliphatic hydroxyl groups is 1. The van der Waals surface area contributed by atoms with E-state index in [0.29, 0.717) is 16.2 Å². The van der Waals surface area contributed by atoms with Crippen molar-refractivity contribution < 1.29 is 9.84 Å². The van der Waals surface area contributed by atoms with Crippen molar-refractivity contribution in [3.8, 4) is 0 Å². The Hall–Kier alpha value is -1.71. The van der Waals surface area contributed by atoms with E-state index < -0.39 is 0 Å². The monoisotopic (exact) mass is 341 g/mol. The molecule has 0 saturated heterocycles. The predicted octanol–water partition coefficient (Wildman–Crippen LogP) is 0.410. The molecule has 3 aromatic rings. The summed E-state index contributed by atoms with van der Waals surface area (Å²) in [7, 11) is 0. The van der Waals surface area contributed by atoms with E-state index in [-0.39, 0.29) is 31.0 Å². The number of aryl methyl sites for hydroxylation is 1. The standard InChI is InChI=1S/C11H12BrN5O3/c1-6-4-16-9(19)7-8(15-11(16)13-6)17(10(12)14-7)5-20-3-2-18/h4,18H,2-3,5H2,1H3,(H,13,15). The van der Waals surface area contributed by atoms with Crippen LogP contribution < -0.4 is 5.56 Å². The molecule has 0 radical (unpaired) electrons. The van der Waals surface area contributed by atoms with Crippen LogP contribution >= 0.6 is 15.9 Å². The van der Waals surface area contributed by atoms with Gasteiger partial charge in [-0.25, -0.2) is 9.38 Å². The second kappa shape index (κ2) is 5.00. The van der Waals surface area contributed by atoms with Gasteiger partial charge in [-0.1, -0.05) is 0 Å². The average Bonchev–Trinajstić information content (AvgIpc) is 2.92. The summed E-state index contributed by atoms with van der Waals surface area (Å²) in [6.07, 6.45) is 1.68. The third-order valence-corrected chi connectivity index (χ3v) is 3.45. The highest BCUT2D eigenvalue weighted by Crippen LogP contribution is 2.17. The predicted molar refractivity (Wildman–Crippen MR) is 74.6 cm³/mol. The largest absolute Gasteiger partial charge is 0.394 e. The third-order valence-electron chi connectivity index (χ3n) is 2.84. The summed E-state index contributed by atoms with van der Waals surface area (Å²) >= 11 is 3.28. The van der Waals surface area contributed by atoms with E-state index in [1.807, 2.05) is 6.92 Å². The first-order chi connectivity index (χ1) is 9.61. The number of imidazole rings is 2. The number of ether oxygens (including phenoxy) is 1. The zero-order valence-electron chi connectivity index (χ0n) is 10.6. The summed E-state index contributed by atoms with van der Waals surface area (Å²) in [6.45, 7) is 2.13. The van der Waals surface area contributed by atoms with Gasteiger partial charge in [0, 0.05) is 11.9 Å². The summed E-state index contributed by atoms with van der Waals surface area (Å²) in [4.78, 5) is 23.9. The molecule has 9 heteroatoms. The van der Waals surface area contributed by atoms with Crippen molar-refractivity contribution in [2.75, 3.05) is 13.2 Å². The Bertz CT molecular complexity index is 834. The zero-order chi connectivity index (χ0) is 14.3. The molecule has 0 aromatic carbocycles. The molecule has 0 atom stereocenters. The van der Waals surface area contributed by atoms with Gasteiger partial charge in [-0.15, -0.1) is 0 Å². The van der Waals surface area contributed by atoms with Crippen LogP contribution in [-0.2, 0) is 11.5 Å². The Labute approximate surface area is 121 Å². The lowest BCUT2D eigenvalue weighted by atomic mass is 10.5. The summed E-state index contributed by atoms with van der Waals surface area (Å²) in [5, 5.41) is 8.73. The van der Waals surface area contributed by atoms with Crippen molar-refractivity contribution in [3.63, 3.8) is 0 Å². The Kier molecular flexibility index (Phi) is 3.32. The Morgan fingerprint density at radius 2 is 2.30 bits per heavy atom. The molecule has 0 aliphatic rings. The Morgan fingerprint density at radius 3 is 3.05 bits per heavy atom. The number of H-pyrrole nitrogens is 1. The van der Waals surface area contributed by atoms with Gasteiger partial charge >= 0.3 is 0 Å². The molecular formula is C11H12BrN5O3. The summed E-state index contributed by atoms with van der Waals surface area (Å²) < 4.78 is 8.77. The molecule has 0 spiro atoms. The molecular weight excluding hydrogens is 330 g/mol. The van der Waals surface area contributed by atoms with Crippen molar-refractivity contribution in [3.05, 3.63) is 27.0 Å². The summed E-state index contributed by atoms with van der Waals surface area (Å²) in [5.74, 6) is 0.454. The van der Waals surface area contributed by atoms with Gasteiger partial charge in [0.2, 0.25) is 5.78 Å². The molecule has 106 valence electrons. The van der Waals surface area contributed by atoms with Gasteiger partial charge in [0.15, 0.2) is 15.9 Å². The fourth-order valence-corrected chi connectivity index (χ4v) is 2.43. The third kappa shape index (κ3) is 2.03. The number of nitrogens with zero attached hydrogens (tertiary/aromatic N) is 4. The van der Waals surface area contributed by atoms with Crippen LogP contribution in [0, 0.1) is 6.92 Å². The molecule has 0 unspecified atom stereocenters. The normalized spacial score (nSPS) is 11.8.